The van der Waals surface area contributed by atoms with Gasteiger partial charge < -0.3 is 15.0 Å². The lowest BCUT2D eigenvalue weighted by Crippen LogP contribution is -2.39. The monoisotopic (exact) mass is 298 g/mol. The molecule has 1 amide bonds. The molecule has 0 unspecified atom stereocenters. The van der Waals surface area contributed by atoms with Gasteiger partial charge in [0.15, 0.2) is 6.10 Å². The number of ether oxygens (including phenoxy) is 1. The normalized spacial score (nSPS) is 12.2. The number of halogens is 1. The molecule has 1 atom stereocenters. The Labute approximate surface area is 126 Å². The molecule has 1 aromatic carbocycles. The molecule has 0 aliphatic heterocycles. The van der Waals surface area contributed by atoms with Crippen LogP contribution in [0, 0.1) is 0 Å². The van der Waals surface area contributed by atoms with Crippen molar-refractivity contribution in [1.29, 1.82) is 0 Å². The van der Waals surface area contributed by atoms with Crippen molar-refractivity contribution in [3.05, 3.63) is 29.3 Å². The summed E-state index contributed by atoms with van der Waals surface area (Å²) in [6, 6.07) is 7.09. The number of benzene rings is 1. The zero-order valence-corrected chi connectivity index (χ0v) is 13.1. The third-order valence-corrected chi connectivity index (χ3v) is 3.05. The molecule has 0 aromatic heterocycles. The minimum absolute atomic E-state index is 0.0776. The largest absolute Gasteiger partial charge is 0.481 e. The Morgan fingerprint density at radius 3 is 2.80 bits per heavy atom. The lowest BCUT2D eigenvalue weighted by Gasteiger charge is -2.18. The molecule has 1 rings (SSSR count). The zero-order valence-electron chi connectivity index (χ0n) is 12.4. The molecular weight excluding hydrogens is 276 g/mol. The average Bonchev–Trinajstić information content (AvgIpc) is 2.40. The Balaban J connectivity index is 2.43. The topological polar surface area (TPSA) is 41.6 Å². The molecule has 0 spiro atoms. The van der Waals surface area contributed by atoms with Gasteiger partial charge >= 0.3 is 0 Å². The van der Waals surface area contributed by atoms with E-state index in [4.69, 9.17) is 16.3 Å². The van der Waals surface area contributed by atoms with Gasteiger partial charge in [0.1, 0.15) is 5.75 Å². The van der Waals surface area contributed by atoms with Crippen LogP contribution >= 0.6 is 11.6 Å². The van der Waals surface area contributed by atoms with Crippen molar-refractivity contribution in [3.8, 4) is 5.75 Å². The van der Waals surface area contributed by atoms with E-state index >= 15 is 0 Å². The number of rotatable bonds is 8. The van der Waals surface area contributed by atoms with Crippen LogP contribution in [0.4, 0.5) is 0 Å². The third kappa shape index (κ3) is 6.26. The van der Waals surface area contributed by atoms with E-state index in [2.05, 4.69) is 10.2 Å². The predicted octanol–water partition coefficient (Wildman–Crippen LogP) is 2.57. The fraction of sp³-hybridized carbons (Fsp3) is 0.533. The van der Waals surface area contributed by atoms with Gasteiger partial charge in [0.25, 0.3) is 5.91 Å². The Morgan fingerprint density at radius 2 is 2.20 bits per heavy atom. The van der Waals surface area contributed by atoms with Crippen molar-refractivity contribution >= 4 is 17.5 Å². The van der Waals surface area contributed by atoms with Crippen LogP contribution in [0.5, 0.6) is 5.75 Å². The molecule has 0 aliphatic carbocycles. The number of carbonyl (C=O) groups is 1. The van der Waals surface area contributed by atoms with Crippen LogP contribution in [0.15, 0.2) is 24.3 Å². The first-order valence-corrected chi connectivity index (χ1v) is 7.25. The lowest BCUT2D eigenvalue weighted by molar-refractivity contribution is -0.128. The third-order valence-electron chi connectivity index (χ3n) is 2.82. The van der Waals surface area contributed by atoms with E-state index < -0.39 is 6.10 Å². The van der Waals surface area contributed by atoms with Crippen LogP contribution < -0.4 is 10.1 Å². The number of nitrogens with one attached hydrogen (secondary N) is 1. The maximum absolute atomic E-state index is 12.0. The highest BCUT2D eigenvalue weighted by Gasteiger charge is 2.17. The highest BCUT2D eigenvalue weighted by molar-refractivity contribution is 6.30. The number of carbonyl (C=O) groups excluding carboxylic acids is 1. The first-order valence-electron chi connectivity index (χ1n) is 6.87. The van der Waals surface area contributed by atoms with Gasteiger partial charge in [-0.2, -0.15) is 0 Å². The Bertz CT molecular complexity index is 424. The summed E-state index contributed by atoms with van der Waals surface area (Å²) in [4.78, 5) is 14.1. The lowest BCUT2D eigenvalue weighted by atomic mass is 10.2. The van der Waals surface area contributed by atoms with Gasteiger partial charge in [-0.25, -0.2) is 0 Å². The first kappa shape index (κ1) is 16.8. The summed E-state index contributed by atoms with van der Waals surface area (Å²) in [5, 5.41) is 3.50. The Morgan fingerprint density at radius 1 is 1.45 bits per heavy atom. The van der Waals surface area contributed by atoms with Crippen molar-refractivity contribution in [2.45, 2.75) is 25.9 Å². The van der Waals surface area contributed by atoms with Crippen LogP contribution in [0.3, 0.4) is 0 Å². The van der Waals surface area contributed by atoms with Crippen LogP contribution in [-0.2, 0) is 4.79 Å². The van der Waals surface area contributed by atoms with Crippen molar-refractivity contribution in [3.63, 3.8) is 0 Å². The second-order valence-corrected chi connectivity index (χ2v) is 5.36. The molecule has 4 nitrogen and oxygen atoms in total. The number of hydrogen-bond donors (Lipinski definition) is 1. The summed E-state index contributed by atoms with van der Waals surface area (Å²) >= 11 is 5.90. The smallest absolute Gasteiger partial charge is 0.261 e. The average molecular weight is 299 g/mol. The number of hydrogen-bond acceptors (Lipinski definition) is 3. The molecule has 0 saturated carbocycles. The van der Waals surface area contributed by atoms with Crippen molar-refractivity contribution < 1.29 is 9.53 Å². The molecule has 0 heterocycles. The Kier molecular flexibility index (Phi) is 7.41. The van der Waals surface area contributed by atoms with Crippen molar-refractivity contribution in [2.75, 3.05) is 27.2 Å². The van der Waals surface area contributed by atoms with Crippen LogP contribution in [0.1, 0.15) is 19.8 Å². The number of nitrogens with zero attached hydrogens (tertiary/aromatic N) is 1. The molecule has 112 valence electrons. The molecule has 0 fully saturated rings. The fourth-order valence-electron chi connectivity index (χ4n) is 1.75. The van der Waals surface area contributed by atoms with E-state index in [0.717, 1.165) is 13.0 Å². The number of amides is 1. The van der Waals surface area contributed by atoms with Gasteiger partial charge in [0.2, 0.25) is 0 Å². The van der Waals surface area contributed by atoms with Crippen LogP contribution in [-0.4, -0.2) is 44.1 Å². The summed E-state index contributed by atoms with van der Waals surface area (Å²) < 4.78 is 5.68. The van der Waals surface area contributed by atoms with Gasteiger partial charge in [0.05, 0.1) is 0 Å². The van der Waals surface area contributed by atoms with E-state index in [1.165, 1.54) is 0 Å². The highest BCUT2D eigenvalue weighted by Crippen LogP contribution is 2.19. The van der Waals surface area contributed by atoms with Gasteiger partial charge in [0, 0.05) is 11.6 Å². The van der Waals surface area contributed by atoms with Crippen LogP contribution in [0.25, 0.3) is 0 Å². The summed E-state index contributed by atoms with van der Waals surface area (Å²) in [6.45, 7) is 3.53. The fourth-order valence-corrected chi connectivity index (χ4v) is 1.93. The van der Waals surface area contributed by atoms with Crippen molar-refractivity contribution in [1.82, 2.24) is 10.2 Å². The summed E-state index contributed by atoms with van der Waals surface area (Å²) in [5.74, 6) is 0.541. The molecule has 1 aromatic rings. The van der Waals surface area contributed by atoms with E-state index in [1.807, 2.05) is 21.0 Å². The molecule has 0 bridgehead atoms. The van der Waals surface area contributed by atoms with E-state index in [-0.39, 0.29) is 5.91 Å². The highest BCUT2D eigenvalue weighted by atomic mass is 35.5. The molecule has 20 heavy (non-hydrogen) atoms. The van der Waals surface area contributed by atoms with Crippen molar-refractivity contribution in [2.24, 2.45) is 0 Å². The summed E-state index contributed by atoms with van der Waals surface area (Å²) in [6.07, 6.45) is 1.06. The molecular formula is C15H23ClN2O2. The SMILES string of the molecule is CC[C@@H](Oc1cccc(Cl)c1)C(=O)NCCCN(C)C. The molecule has 1 N–H and O–H groups in total. The standard InChI is InChI=1S/C15H23ClN2O2/c1-4-14(15(19)17-9-6-10-18(2)3)20-13-8-5-7-12(16)11-13/h5,7-8,11,14H,4,6,9-10H2,1-3H3,(H,17,19)/t14-/m1/s1. The molecule has 0 aliphatic rings. The van der Waals surface area contributed by atoms with E-state index in [9.17, 15) is 4.79 Å². The molecule has 5 heteroatoms. The van der Waals surface area contributed by atoms with E-state index in [1.54, 1.807) is 24.3 Å². The van der Waals surface area contributed by atoms with Gasteiger partial charge in [-0.1, -0.05) is 24.6 Å². The maximum atomic E-state index is 12.0. The second kappa shape index (κ2) is 8.82. The van der Waals surface area contributed by atoms with Crippen LogP contribution in [0.2, 0.25) is 5.02 Å². The van der Waals surface area contributed by atoms with Gasteiger partial charge in [-0.05, 0) is 51.7 Å². The summed E-state index contributed by atoms with van der Waals surface area (Å²) in [5.41, 5.74) is 0. The molecule has 0 saturated heterocycles. The summed E-state index contributed by atoms with van der Waals surface area (Å²) in [7, 11) is 4.03. The molecule has 0 radical (unpaired) electrons. The zero-order chi connectivity index (χ0) is 15.0. The van der Waals surface area contributed by atoms with E-state index in [0.29, 0.717) is 23.7 Å². The first-order chi connectivity index (χ1) is 9.52. The second-order valence-electron chi connectivity index (χ2n) is 4.92. The minimum atomic E-state index is -0.479. The quantitative estimate of drug-likeness (QED) is 0.750. The predicted molar refractivity (Wildman–Crippen MR) is 82.3 cm³/mol. The Hall–Kier alpha value is -1.26. The minimum Gasteiger partial charge on any atom is -0.481 e. The van der Waals surface area contributed by atoms with Gasteiger partial charge in [-0.3, -0.25) is 4.79 Å². The van der Waals surface area contributed by atoms with Gasteiger partial charge in [-0.15, -0.1) is 0 Å². The maximum Gasteiger partial charge on any atom is 0.261 e.